The molecule has 9 heteroatoms. The fraction of sp³-hybridized carbons (Fsp3) is 0.280. The molecule has 1 aliphatic heterocycles. The summed E-state index contributed by atoms with van der Waals surface area (Å²) in [6.45, 7) is 5.62. The summed E-state index contributed by atoms with van der Waals surface area (Å²) in [6.07, 6.45) is 0. The van der Waals surface area contributed by atoms with Crippen LogP contribution in [0.25, 0.3) is 11.0 Å². The highest BCUT2D eigenvalue weighted by Crippen LogP contribution is 2.33. The van der Waals surface area contributed by atoms with Gasteiger partial charge in [0, 0.05) is 49.4 Å². The molecule has 172 valence electrons. The molecule has 2 aromatic heterocycles. The minimum Gasteiger partial charge on any atom is -0.451 e. The Balaban J connectivity index is 1.28. The Labute approximate surface area is 206 Å². The van der Waals surface area contributed by atoms with Crippen molar-refractivity contribution in [1.82, 2.24) is 20.0 Å². The van der Waals surface area contributed by atoms with Crippen molar-refractivity contribution in [1.29, 1.82) is 5.26 Å². The van der Waals surface area contributed by atoms with Gasteiger partial charge in [0.15, 0.2) is 10.1 Å². The molecule has 5 rings (SSSR count). The zero-order chi connectivity index (χ0) is 23.5. The second-order valence-electron chi connectivity index (χ2n) is 8.16. The molecule has 0 N–H and O–H groups in total. The summed E-state index contributed by atoms with van der Waals surface area (Å²) >= 11 is 3.14. The topological polar surface area (TPSA) is 86.3 Å². The van der Waals surface area contributed by atoms with E-state index in [1.165, 1.54) is 5.56 Å². The van der Waals surface area contributed by atoms with Crippen molar-refractivity contribution in [3.8, 4) is 6.07 Å². The number of hydrogen-bond donors (Lipinski definition) is 0. The molecule has 0 atom stereocenters. The Kier molecular flexibility index (Phi) is 6.63. The zero-order valence-electron chi connectivity index (χ0n) is 18.7. The van der Waals surface area contributed by atoms with E-state index in [0.717, 1.165) is 45.5 Å². The van der Waals surface area contributed by atoms with Gasteiger partial charge in [0.2, 0.25) is 0 Å². The second-order valence-corrected chi connectivity index (χ2v) is 10.6. The van der Waals surface area contributed by atoms with E-state index >= 15 is 0 Å². The summed E-state index contributed by atoms with van der Waals surface area (Å²) in [5.74, 6) is 0.972. The normalized spacial score (nSPS) is 14.4. The van der Waals surface area contributed by atoms with Gasteiger partial charge >= 0.3 is 0 Å². The lowest BCUT2D eigenvalue weighted by molar-refractivity contribution is 0.0599. The summed E-state index contributed by atoms with van der Waals surface area (Å²) in [5, 5.41) is 19.2. The van der Waals surface area contributed by atoms with Crippen LogP contribution in [0.5, 0.6) is 0 Å². The molecule has 4 aromatic rings. The fourth-order valence-electron chi connectivity index (χ4n) is 4.08. The van der Waals surface area contributed by atoms with E-state index in [1.54, 1.807) is 23.1 Å². The molecule has 1 fully saturated rings. The van der Waals surface area contributed by atoms with Crippen LogP contribution in [0.15, 0.2) is 57.3 Å². The number of thioether (sulfide) groups is 1. The van der Waals surface area contributed by atoms with Crippen molar-refractivity contribution in [3.63, 3.8) is 0 Å². The number of carbonyl (C=O) groups excluding carboxylic acids is 1. The van der Waals surface area contributed by atoms with E-state index in [4.69, 9.17) is 9.68 Å². The lowest BCUT2D eigenvalue weighted by atomic mass is 10.1. The largest absolute Gasteiger partial charge is 0.451 e. The fourth-order valence-corrected chi connectivity index (χ4v) is 5.92. The number of benzene rings is 2. The molecule has 0 aliphatic carbocycles. The van der Waals surface area contributed by atoms with Gasteiger partial charge in [-0.2, -0.15) is 5.26 Å². The quantitative estimate of drug-likeness (QED) is 0.362. The maximum absolute atomic E-state index is 13.5. The van der Waals surface area contributed by atoms with Crippen LogP contribution in [0, 0.1) is 18.3 Å². The molecule has 34 heavy (non-hydrogen) atoms. The van der Waals surface area contributed by atoms with Crippen molar-refractivity contribution in [3.05, 3.63) is 76.0 Å². The van der Waals surface area contributed by atoms with Gasteiger partial charge in [-0.25, -0.2) is 0 Å². The molecule has 3 heterocycles. The van der Waals surface area contributed by atoms with Crippen LogP contribution in [0.2, 0.25) is 0 Å². The highest BCUT2D eigenvalue weighted by atomic mass is 32.2. The first-order valence-electron chi connectivity index (χ1n) is 11.0. The molecule has 7 nitrogen and oxygen atoms in total. The minimum atomic E-state index is -0.0572. The number of aromatic nitrogens is 2. The lowest BCUT2D eigenvalue weighted by Gasteiger charge is -2.34. The third kappa shape index (κ3) is 4.85. The van der Waals surface area contributed by atoms with Crippen LogP contribution in [0.4, 0.5) is 0 Å². The van der Waals surface area contributed by atoms with Crippen molar-refractivity contribution in [2.45, 2.75) is 23.6 Å². The summed E-state index contributed by atoms with van der Waals surface area (Å²) in [5.41, 5.74) is 3.48. The van der Waals surface area contributed by atoms with Crippen LogP contribution < -0.4 is 0 Å². The monoisotopic (exact) mass is 489 g/mol. The van der Waals surface area contributed by atoms with Gasteiger partial charge in [-0.05, 0) is 30.7 Å². The highest BCUT2D eigenvalue weighted by Gasteiger charge is 2.28. The first kappa shape index (κ1) is 22.6. The van der Waals surface area contributed by atoms with Gasteiger partial charge in [0.25, 0.3) is 5.91 Å². The van der Waals surface area contributed by atoms with E-state index in [0.29, 0.717) is 30.2 Å². The number of furan rings is 1. The standard InChI is InChI=1S/C25H23N5O2S2/c1-17-27-28-25(34-17)33-16-21-20-4-2-3-5-22(20)32-23(21)24(31)30-12-10-29(11-13-30)15-19-8-6-18(14-26)7-9-19/h2-9H,10-13,15-16H2,1H3. The molecule has 0 bridgehead atoms. The maximum atomic E-state index is 13.5. The first-order chi connectivity index (χ1) is 16.6. The first-order valence-corrected chi connectivity index (χ1v) is 12.8. The molecule has 0 saturated carbocycles. The summed E-state index contributed by atoms with van der Waals surface area (Å²) in [4.78, 5) is 17.7. The van der Waals surface area contributed by atoms with Crippen molar-refractivity contribution in [2.75, 3.05) is 26.2 Å². The predicted molar refractivity (Wildman–Crippen MR) is 133 cm³/mol. The molecule has 1 aliphatic rings. The number of aryl methyl sites for hydroxylation is 1. The van der Waals surface area contributed by atoms with Crippen LogP contribution in [0.1, 0.15) is 32.3 Å². The molecule has 1 saturated heterocycles. The SMILES string of the molecule is Cc1nnc(SCc2c(C(=O)N3CCN(Cc4ccc(C#N)cc4)CC3)oc3ccccc23)s1. The molecule has 1 amide bonds. The third-order valence-corrected chi connectivity index (χ3v) is 7.89. The van der Waals surface area contributed by atoms with Crippen molar-refractivity contribution in [2.24, 2.45) is 0 Å². The number of para-hydroxylation sites is 1. The number of carbonyl (C=O) groups is 1. The molecule has 2 aromatic carbocycles. The van der Waals surface area contributed by atoms with Crippen molar-refractivity contribution < 1.29 is 9.21 Å². The number of nitriles is 1. The number of nitrogens with zero attached hydrogens (tertiary/aromatic N) is 5. The van der Waals surface area contributed by atoms with Gasteiger partial charge in [0.05, 0.1) is 11.6 Å². The Morgan fingerprint density at radius 3 is 2.59 bits per heavy atom. The summed E-state index contributed by atoms with van der Waals surface area (Å²) in [7, 11) is 0. The van der Waals surface area contributed by atoms with E-state index in [9.17, 15) is 4.79 Å². The van der Waals surface area contributed by atoms with Crippen LogP contribution in [-0.2, 0) is 12.3 Å². The lowest BCUT2D eigenvalue weighted by Crippen LogP contribution is -2.48. The van der Waals surface area contributed by atoms with Gasteiger partial charge in [-0.3, -0.25) is 9.69 Å². The average molecular weight is 490 g/mol. The van der Waals surface area contributed by atoms with Crippen LogP contribution >= 0.6 is 23.1 Å². The molecule has 0 unspecified atom stereocenters. The number of fused-ring (bicyclic) bond motifs is 1. The number of rotatable bonds is 6. The number of amides is 1. The molecular formula is C25H23N5O2S2. The zero-order valence-corrected chi connectivity index (χ0v) is 20.4. The van der Waals surface area contributed by atoms with Gasteiger partial charge < -0.3 is 9.32 Å². The van der Waals surface area contributed by atoms with Gasteiger partial charge in [-0.1, -0.05) is 53.4 Å². The Bertz CT molecular complexity index is 1350. The van der Waals surface area contributed by atoms with E-state index < -0.39 is 0 Å². The second kappa shape index (κ2) is 9.97. The minimum absolute atomic E-state index is 0.0572. The van der Waals surface area contributed by atoms with E-state index in [-0.39, 0.29) is 5.91 Å². The van der Waals surface area contributed by atoms with Crippen molar-refractivity contribution >= 4 is 40.0 Å². The summed E-state index contributed by atoms with van der Waals surface area (Å²) in [6, 6.07) is 17.6. The van der Waals surface area contributed by atoms with Gasteiger partial charge in [0.1, 0.15) is 10.6 Å². The van der Waals surface area contributed by atoms with Crippen LogP contribution in [-0.4, -0.2) is 52.1 Å². The Morgan fingerprint density at radius 1 is 1.12 bits per heavy atom. The van der Waals surface area contributed by atoms with Gasteiger partial charge in [-0.15, -0.1) is 10.2 Å². The Morgan fingerprint density at radius 2 is 1.88 bits per heavy atom. The van der Waals surface area contributed by atoms with Crippen LogP contribution in [0.3, 0.4) is 0 Å². The molecular weight excluding hydrogens is 466 g/mol. The smallest absolute Gasteiger partial charge is 0.290 e. The van der Waals surface area contributed by atoms with E-state index in [1.807, 2.05) is 60.4 Å². The van der Waals surface area contributed by atoms with E-state index in [2.05, 4.69) is 21.2 Å². The highest BCUT2D eigenvalue weighted by molar-refractivity contribution is 8.00. The Hall–Kier alpha value is -3.19. The summed E-state index contributed by atoms with van der Waals surface area (Å²) < 4.78 is 6.96. The number of piperazine rings is 1. The average Bonchev–Trinajstić information content (AvgIpc) is 3.46. The number of hydrogen-bond acceptors (Lipinski definition) is 8. The molecule has 0 spiro atoms. The molecule has 0 radical (unpaired) electrons. The predicted octanol–water partition coefficient (Wildman–Crippen LogP) is 4.71. The maximum Gasteiger partial charge on any atom is 0.290 e. The third-order valence-electron chi connectivity index (χ3n) is 5.89.